The molecule has 0 aromatic heterocycles. The van der Waals surface area contributed by atoms with Crippen molar-refractivity contribution in [1.29, 1.82) is 0 Å². The van der Waals surface area contributed by atoms with Crippen molar-refractivity contribution in [1.82, 2.24) is 0 Å². The van der Waals surface area contributed by atoms with Crippen LogP contribution in [-0.2, 0) is 9.59 Å². The molecular weight excluding hydrogens is 146 g/mol. The molecule has 0 saturated heterocycles. The van der Waals surface area contributed by atoms with E-state index in [-0.39, 0.29) is 0 Å². The zero-order chi connectivity index (χ0) is 8.73. The van der Waals surface area contributed by atoms with E-state index in [2.05, 4.69) is 5.73 Å². The smallest absolute Gasteiger partial charge is 0.414 e. The lowest BCUT2D eigenvalue weighted by molar-refractivity contribution is -0.159. The van der Waals surface area contributed by atoms with E-state index in [1.807, 2.05) is 0 Å². The first-order valence-corrected chi connectivity index (χ1v) is 1.82. The van der Waals surface area contributed by atoms with Gasteiger partial charge in [0, 0.05) is 0 Å². The predicted molar refractivity (Wildman–Crippen MR) is 27.5 cm³/mol. The third-order valence-corrected chi connectivity index (χ3v) is 0.183. The first-order chi connectivity index (χ1) is 4.37. The van der Waals surface area contributed by atoms with Gasteiger partial charge in [0.2, 0.25) is 0 Å². The van der Waals surface area contributed by atoms with Crippen LogP contribution in [0.3, 0.4) is 0 Å². The fraction of sp³-hybridized carbons (Fsp3) is 0. The molecule has 0 radical (unpaired) electrons. The van der Waals surface area contributed by atoms with Crippen molar-refractivity contribution in [3.63, 3.8) is 0 Å². The summed E-state index contributed by atoms with van der Waals surface area (Å²) in [5.74, 6) is -3.65. The summed E-state index contributed by atoms with van der Waals surface area (Å²) >= 11 is 0. The number of aliphatic carboxylic acids is 2. The van der Waals surface area contributed by atoms with Gasteiger partial charge in [0.25, 0.3) is 0 Å². The maximum Gasteiger partial charge on any atom is 0.414 e. The normalized spacial score (nSPS) is 6.80. The minimum absolute atomic E-state index is 1.33. The molecular formula is C3H5NO6. The number of hydrogen-bond donors (Lipinski definition) is 4. The van der Waals surface area contributed by atoms with Crippen LogP contribution in [-0.4, -0.2) is 33.4 Å². The molecule has 0 atom stereocenters. The molecule has 0 aromatic rings. The van der Waals surface area contributed by atoms with Crippen molar-refractivity contribution >= 4 is 18.0 Å². The molecule has 0 bridgehead atoms. The lowest BCUT2D eigenvalue weighted by atomic mass is 10.7. The number of carboxylic acids is 2. The van der Waals surface area contributed by atoms with Crippen LogP contribution in [0, 0.1) is 0 Å². The third-order valence-electron chi connectivity index (χ3n) is 0.183. The van der Waals surface area contributed by atoms with E-state index >= 15 is 0 Å². The zero-order valence-corrected chi connectivity index (χ0v) is 4.64. The van der Waals surface area contributed by atoms with Gasteiger partial charge in [-0.15, -0.1) is 0 Å². The molecule has 0 rings (SSSR count). The first-order valence-electron chi connectivity index (χ1n) is 1.82. The number of nitrogens with two attached hydrogens (primary N) is 1. The second-order valence-corrected chi connectivity index (χ2v) is 0.949. The number of primary amides is 1. The molecule has 0 fully saturated rings. The van der Waals surface area contributed by atoms with Crippen molar-refractivity contribution in [2.24, 2.45) is 5.73 Å². The Morgan fingerprint density at radius 3 is 1.00 bits per heavy atom. The highest BCUT2D eigenvalue weighted by Crippen LogP contribution is 1.56. The Labute approximate surface area is 54.7 Å². The summed E-state index contributed by atoms with van der Waals surface area (Å²) in [5.41, 5.74) is 4.03. The summed E-state index contributed by atoms with van der Waals surface area (Å²) in [4.78, 5) is 27.0. The lowest BCUT2D eigenvalue weighted by Gasteiger charge is -1.72. The zero-order valence-electron chi connectivity index (χ0n) is 4.64. The van der Waals surface area contributed by atoms with Crippen LogP contribution in [0.4, 0.5) is 4.79 Å². The molecule has 5 N–H and O–H groups in total. The monoisotopic (exact) mass is 151 g/mol. The molecule has 58 valence electrons. The minimum Gasteiger partial charge on any atom is -0.473 e. The number of carboxylic acid groups (broad SMARTS) is 3. The quantitative estimate of drug-likeness (QED) is 0.320. The van der Waals surface area contributed by atoms with Crippen molar-refractivity contribution < 1.29 is 29.7 Å². The maximum absolute atomic E-state index is 9.10. The van der Waals surface area contributed by atoms with E-state index in [4.69, 9.17) is 29.7 Å². The highest BCUT2D eigenvalue weighted by molar-refractivity contribution is 6.27. The van der Waals surface area contributed by atoms with E-state index in [1.54, 1.807) is 0 Å². The summed E-state index contributed by atoms with van der Waals surface area (Å²) < 4.78 is 0. The first kappa shape index (κ1) is 11.1. The Balaban J connectivity index is 0. The van der Waals surface area contributed by atoms with E-state index < -0.39 is 18.0 Å². The van der Waals surface area contributed by atoms with Gasteiger partial charge in [-0.2, -0.15) is 0 Å². The fourth-order valence-electron chi connectivity index (χ4n) is 0. The highest BCUT2D eigenvalue weighted by Gasteiger charge is 2.04. The van der Waals surface area contributed by atoms with Crippen LogP contribution in [0.25, 0.3) is 0 Å². The molecule has 0 aliphatic rings. The Morgan fingerprint density at radius 2 is 1.00 bits per heavy atom. The average Bonchev–Trinajstić information content (AvgIpc) is 1.63. The number of rotatable bonds is 0. The molecule has 0 aromatic carbocycles. The number of hydrogen-bond acceptors (Lipinski definition) is 3. The minimum atomic E-state index is -1.82. The predicted octanol–water partition coefficient (Wildman–Crippen LogP) is -1.22. The second kappa shape index (κ2) is 5.35. The van der Waals surface area contributed by atoms with Crippen LogP contribution >= 0.6 is 0 Å². The Hall–Kier alpha value is -1.79. The van der Waals surface area contributed by atoms with Gasteiger partial charge in [-0.05, 0) is 0 Å². The largest absolute Gasteiger partial charge is 0.473 e. The Kier molecular flexibility index (Phi) is 5.92. The van der Waals surface area contributed by atoms with Gasteiger partial charge in [-0.3, -0.25) is 0 Å². The molecule has 0 unspecified atom stereocenters. The third kappa shape index (κ3) is 34.5. The molecule has 0 heterocycles. The standard InChI is InChI=1S/C2H2O4.CH3NO2/c3-1(4)2(5)6;2-1(3)4/h(H,3,4)(H,5,6);2H2,(H,3,4). The van der Waals surface area contributed by atoms with Crippen LogP contribution < -0.4 is 5.73 Å². The molecule has 1 amide bonds. The summed E-state index contributed by atoms with van der Waals surface area (Å²) in [5, 5.41) is 22.0. The second-order valence-electron chi connectivity index (χ2n) is 0.949. The van der Waals surface area contributed by atoms with E-state index in [0.29, 0.717) is 0 Å². The Morgan fingerprint density at radius 1 is 0.900 bits per heavy atom. The summed E-state index contributed by atoms with van der Waals surface area (Å²) in [6.07, 6.45) is -1.33. The van der Waals surface area contributed by atoms with Gasteiger partial charge in [0.15, 0.2) is 0 Å². The molecule has 10 heavy (non-hydrogen) atoms. The van der Waals surface area contributed by atoms with Gasteiger partial charge in [-0.25, -0.2) is 14.4 Å². The van der Waals surface area contributed by atoms with Gasteiger partial charge in [0.05, 0.1) is 0 Å². The van der Waals surface area contributed by atoms with Crippen molar-refractivity contribution in [2.75, 3.05) is 0 Å². The molecule has 0 aliphatic carbocycles. The topological polar surface area (TPSA) is 138 Å². The van der Waals surface area contributed by atoms with Gasteiger partial charge in [-0.1, -0.05) is 0 Å². The highest BCUT2D eigenvalue weighted by atomic mass is 16.4. The average molecular weight is 151 g/mol. The molecule has 7 heteroatoms. The van der Waals surface area contributed by atoms with Crippen LogP contribution in [0.5, 0.6) is 0 Å². The fourth-order valence-corrected chi connectivity index (χ4v) is 0. The van der Waals surface area contributed by atoms with Crippen LogP contribution in [0.1, 0.15) is 0 Å². The van der Waals surface area contributed by atoms with Gasteiger partial charge in [0.1, 0.15) is 0 Å². The summed E-state index contributed by atoms with van der Waals surface area (Å²) in [6, 6.07) is 0. The summed E-state index contributed by atoms with van der Waals surface area (Å²) in [7, 11) is 0. The molecule has 0 spiro atoms. The van der Waals surface area contributed by atoms with Gasteiger partial charge >= 0.3 is 18.0 Å². The van der Waals surface area contributed by atoms with Crippen molar-refractivity contribution in [3.05, 3.63) is 0 Å². The van der Waals surface area contributed by atoms with Crippen LogP contribution in [0.2, 0.25) is 0 Å². The van der Waals surface area contributed by atoms with E-state index in [0.717, 1.165) is 0 Å². The van der Waals surface area contributed by atoms with E-state index in [1.165, 1.54) is 0 Å². The van der Waals surface area contributed by atoms with E-state index in [9.17, 15) is 0 Å². The van der Waals surface area contributed by atoms with Crippen molar-refractivity contribution in [2.45, 2.75) is 0 Å². The molecule has 7 nitrogen and oxygen atoms in total. The lowest BCUT2D eigenvalue weighted by Crippen LogP contribution is -2.09. The number of amides is 1. The SMILES string of the molecule is NC(=O)O.O=C(O)C(=O)O. The number of carbonyl (C=O) groups is 3. The summed E-state index contributed by atoms with van der Waals surface area (Å²) in [6.45, 7) is 0. The Bertz CT molecular complexity index is 135. The van der Waals surface area contributed by atoms with Gasteiger partial charge < -0.3 is 21.1 Å². The molecule has 0 saturated carbocycles. The maximum atomic E-state index is 9.10. The van der Waals surface area contributed by atoms with Crippen molar-refractivity contribution in [3.8, 4) is 0 Å². The van der Waals surface area contributed by atoms with Crippen LogP contribution in [0.15, 0.2) is 0 Å². The molecule has 0 aliphatic heterocycles.